The number of halogens is 1. The van der Waals surface area contributed by atoms with E-state index in [2.05, 4.69) is 5.32 Å². The highest BCUT2D eigenvalue weighted by Crippen LogP contribution is 2.32. The van der Waals surface area contributed by atoms with Crippen LogP contribution in [0.4, 0.5) is 10.1 Å². The van der Waals surface area contributed by atoms with Crippen molar-refractivity contribution in [2.45, 2.75) is 13.5 Å². The van der Waals surface area contributed by atoms with Crippen molar-refractivity contribution in [1.29, 1.82) is 0 Å². The van der Waals surface area contributed by atoms with Gasteiger partial charge < -0.3 is 5.32 Å². The van der Waals surface area contributed by atoms with E-state index >= 15 is 0 Å². The third kappa shape index (κ3) is 3.55. The van der Waals surface area contributed by atoms with Gasteiger partial charge in [0.2, 0.25) is 0 Å². The number of amides is 2. The molecule has 29 heavy (non-hydrogen) atoms. The van der Waals surface area contributed by atoms with Gasteiger partial charge in [-0.3, -0.25) is 14.5 Å². The number of anilines is 1. The number of carbonyl (C=O) groups is 2. The van der Waals surface area contributed by atoms with Crippen molar-refractivity contribution in [2.24, 2.45) is 0 Å². The fourth-order valence-corrected chi connectivity index (χ4v) is 3.35. The Kier molecular flexibility index (Phi) is 4.96. The zero-order valence-electron chi connectivity index (χ0n) is 15.9. The smallest absolute Gasteiger partial charge is 0.278 e. The maximum absolute atomic E-state index is 14.1. The van der Waals surface area contributed by atoms with E-state index in [9.17, 15) is 14.0 Å². The molecule has 4 rings (SSSR count). The Morgan fingerprint density at radius 1 is 0.828 bits per heavy atom. The molecule has 1 aliphatic heterocycles. The van der Waals surface area contributed by atoms with Crippen molar-refractivity contribution in [1.82, 2.24) is 4.90 Å². The second-order valence-corrected chi connectivity index (χ2v) is 6.84. The molecule has 3 aromatic carbocycles. The molecule has 0 saturated heterocycles. The lowest BCUT2D eigenvalue weighted by atomic mass is 10.0. The highest BCUT2D eigenvalue weighted by molar-refractivity contribution is 6.36. The lowest BCUT2D eigenvalue weighted by Gasteiger charge is -2.16. The molecule has 1 heterocycles. The average Bonchev–Trinajstić information content (AvgIpc) is 2.96. The fraction of sp³-hybridized carbons (Fsp3) is 0.0833. The number of benzene rings is 3. The van der Waals surface area contributed by atoms with Crippen LogP contribution in [0.3, 0.4) is 0 Å². The zero-order chi connectivity index (χ0) is 20.4. The number of imide groups is 1. The molecule has 0 aromatic heterocycles. The predicted molar refractivity (Wildman–Crippen MR) is 110 cm³/mol. The highest BCUT2D eigenvalue weighted by Gasteiger charge is 2.39. The molecular formula is C24H19FN2O2. The first kappa shape index (κ1) is 18.6. The first-order chi connectivity index (χ1) is 14.1. The third-order valence-electron chi connectivity index (χ3n) is 4.92. The summed E-state index contributed by atoms with van der Waals surface area (Å²) in [4.78, 5) is 27.5. The number of hydrogen-bond acceptors (Lipinski definition) is 3. The minimum atomic E-state index is -0.472. The third-order valence-corrected chi connectivity index (χ3v) is 4.92. The molecule has 0 atom stereocenters. The van der Waals surface area contributed by atoms with E-state index < -0.39 is 17.6 Å². The van der Waals surface area contributed by atoms with Gasteiger partial charge in [-0.15, -0.1) is 0 Å². The zero-order valence-corrected chi connectivity index (χ0v) is 15.9. The van der Waals surface area contributed by atoms with Crippen molar-refractivity contribution in [3.05, 3.63) is 107 Å². The Hall–Kier alpha value is -3.73. The van der Waals surface area contributed by atoms with Crippen LogP contribution in [-0.2, 0) is 16.1 Å². The Morgan fingerprint density at radius 2 is 1.48 bits per heavy atom. The summed E-state index contributed by atoms with van der Waals surface area (Å²) in [6.07, 6.45) is 0. The SMILES string of the molecule is Cc1ccccc1NC1=C(c2ccccc2)C(=O)N(Cc2ccccc2F)C1=O. The summed E-state index contributed by atoms with van der Waals surface area (Å²) in [5.74, 6) is -1.37. The fourth-order valence-electron chi connectivity index (χ4n) is 3.35. The van der Waals surface area contributed by atoms with Crippen molar-refractivity contribution in [3.8, 4) is 0 Å². The maximum atomic E-state index is 14.1. The molecule has 0 spiro atoms. The minimum absolute atomic E-state index is 0.125. The minimum Gasteiger partial charge on any atom is -0.350 e. The molecule has 0 bridgehead atoms. The molecule has 0 aliphatic carbocycles. The summed E-state index contributed by atoms with van der Waals surface area (Å²) < 4.78 is 14.1. The summed E-state index contributed by atoms with van der Waals surface area (Å²) in [6, 6.07) is 22.7. The van der Waals surface area contributed by atoms with Gasteiger partial charge in [0, 0.05) is 11.3 Å². The first-order valence-electron chi connectivity index (χ1n) is 9.28. The Labute approximate surface area is 168 Å². The van der Waals surface area contributed by atoms with Crippen LogP contribution in [-0.4, -0.2) is 16.7 Å². The number of para-hydroxylation sites is 1. The number of nitrogens with one attached hydrogen (secondary N) is 1. The normalized spacial score (nSPS) is 13.9. The van der Waals surface area contributed by atoms with Crippen molar-refractivity contribution < 1.29 is 14.0 Å². The number of rotatable bonds is 5. The van der Waals surface area contributed by atoms with E-state index in [4.69, 9.17) is 0 Å². The van der Waals surface area contributed by atoms with Crippen molar-refractivity contribution in [3.63, 3.8) is 0 Å². The number of aryl methyl sites for hydroxylation is 1. The molecule has 2 amide bonds. The molecular weight excluding hydrogens is 367 g/mol. The van der Waals surface area contributed by atoms with Gasteiger partial charge >= 0.3 is 0 Å². The topological polar surface area (TPSA) is 49.4 Å². The summed E-state index contributed by atoms with van der Waals surface area (Å²) in [6.45, 7) is 1.79. The molecule has 0 fully saturated rings. The number of nitrogens with zero attached hydrogens (tertiary/aromatic N) is 1. The van der Waals surface area contributed by atoms with E-state index in [0.29, 0.717) is 11.1 Å². The largest absolute Gasteiger partial charge is 0.350 e. The molecule has 0 unspecified atom stereocenters. The van der Waals surface area contributed by atoms with Gasteiger partial charge in [0.05, 0.1) is 12.1 Å². The van der Waals surface area contributed by atoms with Crippen LogP contribution < -0.4 is 5.32 Å². The monoisotopic (exact) mass is 386 g/mol. The second-order valence-electron chi connectivity index (χ2n) is 6.84. The van der Waals surface area contributed by atoms with Crippen LogP contribution >= 0.6 is 0 Å². The van der Waals surface area contributed by atoms with E-state index in [-0.39, 0.29) is 17.8 Å². The lowest BCUT2D eigenvalue weighted by Crippen LogP contribution is -2.32. The first-order valence-corrected chi connectivity index (χ1v) is 9.28. The molecule has 4 nitrogen and oxygen atoms in total. The quantitative estimate of drug-likeness (QED) is 0.656. The Bertz CT molecular complexity index is 1120. The predicted octanol–water partition coefficient (Wildman–Crippen LogP) is 4.53. The van der Waals surface area contributed by atoms with Crippen LogP contribution in [0.25, 0.3) is 5.57 Å². The summed E-state index contributed by atoms with van der Waals surface area (Å²) in [5, 5.41) is 3.14. The van der Waals surface area contributed by atoms with Crippen LogP contribution in [0.1, 0.15) is 16.7 Å². The number of hydrogen-bond donors (Lipinski definition) is 1. The Balaban J connectivity index is 1.76. The van der Waals surface area contributed by atoms with E-state index in [1.165, 1.54) is 6.07 Å². The average molecular weight is 386 g/mol. The van der Waals surface area contributed by atoms with Gasteiger partial charge in [0.15, 0.2) is 0 Å². The van der Waals surface area contributed by atoms with Crippen molar-refractivity contribution in [2.75, 3.05) is 5.32 Å². The summed E-state index contributed by atoms with van der Waals surface area (Å²) in [7, 11) is 0. The lowest BCUT2D eigenvalue weighted by molar-refractivity contribution is -0.137. The van der Waals surface area contributed by atoms with Crippen molar-refractivity contribution >= 4 is 23.1 Å². The van der Waals surface area contributed by atoms with Crippen LogP contribution in [0.5, 0.6) is 0 Å². The van der Waals surface area contributed by atoms with Gasteiger partial charge in [-0.05, 0) is 30.2 Å². The van der Waals surface area contributed by atoms with Gasteiger partial charge in [-0.1, -0.05) is 66.7 Å². The molecule has 3 aromatic rings. The molecule has 5 heteroatoms. The van der Waals surface area contributed by atoms with Gasteiger partial charge in [-0.2, -0.15) is 0 Å². The van der Waals surface area contributed by atoms with Crippen LogP contribution in [0.15, 0.2) is 84.6 Å². The maximum Gasteiger partial charge on any atom is 0.278 e. The molecule has 0 saturated carbocycles. The summed E-state index contributed by atoms with van der Waals surface area (Å²) in [5.41, 5.74) is 3.10. The van der Waals surface area contributed by atoms with E-state index in [1.807, 2.05) is 49.4 Å². The van der Waals surface area contributed by atoms with Gasteiger partial charge in [0.1, 0.15) is 11.5 Å². The second kappa shape index (κ2) is 7.72. The van der Waals surface area contributed by atoms with Crippen LogP contribution in [0, 0.1) is 12.7 Å². The standard InChI is InChI=1S/C24H19FN2O2/c1-16-9-5-8-14-20(16)26-22-21(17-10-3-2-4-11-17)23(28)27(24(22)29)15-18-12-6-7-13-19(18)25/h2-14,26H,15H2,1H3. The molecule has 144 valence electrons. The summed E-state index contributed by atoms with van der Waals surface area (Å²) >= 11 is 0. The van der Waals surface area contributed by atoms with Gasteiger partial charge in [0.25, 0.3) is 11.8 Å². The van der Waals surface area contributed by atoms with E-state index in [1.54, 1.807) is 30.3 Å². The molecule has 1 aliphatic rings. The molecule has 0 radical (unpaired) electrons. The Morgan fingerprint density at radius 3 is 2.21 bits per heavy atom. The van der Waals surface area contributed by atoms with Crippen LogP contribution in [0.2, 0.25) is 0 Å². The molecule has 1 N–H and O–H groups in total. The number of carbonyl (C=O) groups excluding carboxylic acids is 2. The van der Waals surface area contributed by atoms with E-state index in [0.717, 1.165) is 16.2 Å². The highest BCUT2D eigenvalue weighted by atomic mass is 19.1. The van der Waals surface area contributed by atoms with Gasteiger partial charge in [-0.25, -0.2) is 4.39 Å².